The van der Waals surface area contributed by atoms with E-state index in [9.17, 15) is 14.4 Å². The topological polar surface area (TPSA) is 104 Å². The van der Waals surface area contributed by atoms with Gasteiger partial charge in [-0.1, -0.05) is 6.07 Å². The van der Waals surface area contributed by atoms with Gasteiger partial charge >= 0.3 is 0 Å². The molecule has 2 aliphatic rings. The molecule has 9 nitrogen and oxygen atoms in total. The lowest BCUT2D eigenvalue weighted by Crippen LogP contribution is -2.31. The molecular formula is C31H27FN8O. The van der Waals surface area contributed by atoms with Crippen molar-refractivity contribution in [1.29, 1.82) is 5.26 Å². The first-order valence-corrected chi connectivity index (χ1v) is 13.6. The van der Waals surface area contributed by atoms with Crippen LogP contribution in [0.4, 0.5) is 10.2 Å². The lowest BCUT2D eigenvalue weighted by Gasteiger charge is -2.21. The number of pyridine rings is 2. The van der Waals surface area contributed by atoms with Crippen LogP contribution in [-0.4, -0.2) is 49.9 Å². The van der Waals surface area contributed by atoms with Crippen molar-refractivity contribution in [2.24, 2.45) is 24.8 Å². The molecule has 5 heterocycles. The molecule has 5 aromatic rings. The van der Waals surface area contributed by atoms with Gasteiger partial charge in [-0.25, -0.2) is 13.9 Å². The van der Waals surface area contributed by atoms with Crippen LogP contribution in [0.3, 0.4) is 0 Å². The number of fused-ring (bicyclic) bond motifs is 2. The average Bonchev–Trinajstić information content (AvgIpc) is 3.42. The van der Waals surface area contributed by atoms with E-state index in [1.165, 1.54) is 12.1 Å². The van der Waals surface area contributed by atoms with Crippen molar-refractivity contribution in [3.8, 4) is 28.3 Å². The second kappa shape index (κ2) is 9.55. The monoisotopic (exact) mass is 546 g/mol. The van der Waals surface area contributed by atoms with Crippen LogP contribution in [0.25, 0.3) is 27.8 Å². The number of rotatable bonds is 6. The van der Waals surface area contributed by atoms with Gasteiger partial charge in [0.2, 0.25) is 0 Å². The fraction of sp³-hybridized carbons (Fsp3) is 0.258. The van der Waals surface area contributed by atoms with Crippen molar-refractivity contribution in [1.82, 2.24) is 29.7 Å². The molecule has 0 bridgehead atoms. The Kier molecular flexibility index (Phi) is 5.82. The number of nitrogens with one attached hydrogen (secondary N) is 1. The summed E-state index contributed by atoms with van der Waals surface area (Å²) in [6, 6.07) is 12.7. The summed E-state index contributed by atoms with van der Waals surface area (Å²) < 4.78 is 17.1. The summed E-state index contributed by atoms with van der Waals surface area (Å²) in [5, 5.41) is 21.4. The third-order valence-electron chi connectivity index (χ3n) is 8.47. The van der Waals surface area contributed by atoms with E-state index < -0.39 is 5.82 Å². The van der Waals surface area contributed by atoms with E-state index in [4.69, 9.17) is 4.98 Å². The fourth-order valence-electron chi connectivity index (χ4n) is 6.17. The number of hydrogen-bond donors (Lipinski definition) is 1. The molecule has 0 radical (unpaired) electrons. The smallest absolute Gasteiger partial charge is 0.251 e. The second-order valence-electron chi connectivity index (χ2n) is 11.0. The van der Waals surface area contributed by atoms with E-state index in [1.54, 1.807) is 27.7 Å². The zero-order valence-corrected chi connectivity index (χ0v) is 22.6. The maximum Gasteiger partial charge on any atom is 0.251 e. The van der Waals surface area contributed by atoms with E-state index in [0.29, 0.717) is 35.4 Å². The molecule has 2 unspecified atom stereocenters. The SMILES string of the molecule is Cc1ccc(F)cc1C(=O)NCC1C2CN(c3ccc(-c4cc(-c5cnn(C)c5)cn5ncc(C#N)c45)cn3)CC12. The van der Waals surface area contributed by atoms with Crippen molar-refractivity contribution >= 4 is 17.2 Å². The largest absolute Gasteiger partial charge is 0.356 e. The number of benzene rings is 1. The van der Waals surface area contributed by atoms with Gasteiger partial charge in [0.1, 0.15) is 17.7 Å². The second-order valence-corrected chi connectivity index (χ2v) is 11.0. The minimum atomic E-state index is -0.403. The van der Waals surface area contributed by atoms with Crippen LogP contribution in [0.15, 0.2) is 67.4 Å². The Morgan fingerprint density at radius 3 is 2.59 bits per heavy atom. The highest BCUT2D eigenvalue weighted by molar-refractivity contribution is 5.95. The fourth-order valence-corrected chi connectivity index (χ4v) is 6.17. The molecule has 0 spiro atoms. The molecule has 1 saturated heterocycles. The Hall–Kier alpha value is -5.04. The van der Waals surface area contributed by atoms with E-state index in [-0.39, 0.29) is 5.91 Å². The lowest BCUT2D eigenvalue weighted by atomic mass is 10.0. The molecule has 2 fully saturated rings. The highest BCUT2D eigenvalue weighted by atomic mass is 19.1. The van der Waals surface area contributed by atoms with Crippen LogP contribution < -0.4 is 10.2 Å². The van der Waals surface area contributed by atoms with E-state index >= 15 is 0 Å². The number of carbonyl (C=O) groups is 1. The number of aromatic nitrogens is 5. The minimum absolute atomic E-state index is 0.222. The van der Waals surface area contributed by atoms with Crippen LogP contribution in [0.1, 0.15) is 21.5 Å². The molecule has 1 aromatic carbocycles. The molecule has 204 valence electrons. The molecule has 1 amide bonds. The number of piperidine rings is 1. The van der Waals surface area contributed by atoms with Crippen LogP contribution in [0.2, 0.25) is 0 Å². The first kappa shape index (κ1) is 25.0. The van der Waals surface area contributed by atoms with Gasteiger partial charge in [0, 0.05) is 73.1 Å². The third-order valence-corrected chi connectivity index (χ3v) is 8.47. The number of carbonyl (C=O) groups excluding carboxylic acids is 1. The first-order valence-electron chi connectivity index (χ1n) is 13.6. The predicted molar refractivity (Wildman–Crippen MR) is 151 cm³/mol. The van der Waals surface area contributed by atoms with E-state index in [2.05, 4.69) is 32.5 Å². The molecule has 10 heteroatoms. The molecular weight excluding hydrogens is 519 g/mol. The summed E-state index contributed by atoms with van der Waals surface area (Å²) in [6.45, 7) is 4.19. The quantitative estimate of drug-likeness (QED) is 0.342. The molecule has 1 aliphatic carbocycles. The zero-order valence-electron chi connectivity index (χ0n) is 22.6. The van der Waals surface area contributed by atoms with Crippen LogP contribution in [0, 0.1) is 41.8 Å². The van der Waals surface area contributed by atoms with E-state index in [1.807, 2.05) is 44.7 Å². The van der Waals surface area contributed by atoms with Crippen molar-refractivity contribution < 1.29 is 9.18 Å². The number of aryl methyl sites for hydroxylation is 2. The van der Waals surface area contributed by atoms with Crippen molar-refractivity contribution in [3.63, 3.8) is 0 Å². The van der Waals surface area contributed by atoms with Crippen LogP contribution in [-0.2, 0) is 7.05 Å². The number of anilines is 1. The molecule has 1 aliphatic heterocycles. The normalized spacial score (nSPS) is 19.3. The van der Waals surface area contributed by atoms with Gasteiger partial charge < -0.3 is 10.2 Å². The summed E-state index contributed by atoms with van der Waals surface area (Å²) in [5.74, 6) is 1.73. The van der Waals surface area contributed by atoms with Crippen LogP contribution >= 0.6 is 0 Å². The zero-order chi connectivity index (χ0) is 28.2. The summed E-state index contributed by atoms with van der Waals surface area (Å²) >= 11 is 0. The number of halogens is 1. The standard InChI is InChI=1S/C31H27FN8O/c1-18-3-5-23(32)8-24(18)31(41)35-13-26-27-16-39(17-28(26)27)29-6-4-19(10-34-29)25-7-20(22-12-36-38(2)14-22)15-40-30(25)21(9-33)11-37-40/h3-8,10-12,14-15,26-28H,13,16-17H2,1-2H3,(H,35,41). The minimum Gasteiger partial charge on any atom is -0.356 e. The third kappa shape index (κ3) is 4.39. The molecule has 4 aromatic heterocycles. The Labute approximate surface area is 235 Å². The number of amides is 1. The van der Waals surface area contributed by atoms with Gasteiger partial charge in [-0.2, -0.15) is 15.5 Å². The van der Waals surface area contributed by atoms with Crippen LogP contribution in [0.5, 0.6) is 0 Å². The molecule has 41 heavy (non-hydrogen) atoms. The van der Waals surface area contributed by atoms with Gasteiger partial charge in [-0.05, 0) is 60.6 Å². The molecule has 7 rings (SSSR count). The number of nitriles is 1. The maximum absolute atomic E-state index is 13.6. The van der Waals surface area contributed by atoms with Crippen molar-refractivity contribution in [3.05, 3.63) is 89.9 Å². The summed E-state index contributed by atoms with van der Waals surface area (Å²) in [4.78, 5) is 19.7. The maximum atomic E-state index is 13.6. The Balaban J connectivity index is 1.05. The van der Waals surface area contributed by atoms with Crippen molar-refractivity contribution in [2.45, 2.75) is 6.92 Å². The molecule has 1 N–H and O–H groups in total. The van der Waals surface area contributed by atoms with Gasteiger partial charge in [0.05, 0.1) is 23.5 Å². The Bertz CT molecular complexity index is 1840. The Morgan fingerprint density at radius 2 is 1.88 bits per heavy atom. The van der Waals surface area contributed by atoms with Gasteiger partial charge in [-0.15, -0.1) is 0 Å². The summed E-state index contributed by atoms with van der Waals surface area (Å²) in [7, 11) is 1.88. The van der Waals surface area contributed by atoms with Gasteiger partial charge in [0.25, 0.3) is 5.91 Å². The Morgan fingerprint density at radius 1 is 1.05 bits per heavy atom. The number of nitrogens with zero attached hydrogens (tertiary/aromatic N) is 7. The summed E-state index contributed by atoms with van der Waals surface area (Å²) in [6.07, 6.45) is 9.10. The first-order chi connectivity index (χ1) is 19.9. The molecule has 2 atom stereocenters. The number of hydrogen-bond acceptors (Lipinski definition) is 6. The molecule has 1 saturated carbocycles. The summed E-state index contributed by atoms with van der Waals surface area (Å²) in [5.41, 5.74) is 6.10. The highest BCUT2D eigenvalue weighted by Gasteiger charge is 2.55. The highest BCUT2D eigenvalue weighted by Crippen LogP contribution is 2.52. The lowest BCUT2D eigenvalue weighted by molar-refractivity contribution is 0.0949. The predicted octanol–water partition coefficient (Wildman–Crippen LogP) is 4.23. The van der Waals surface area contributed by atoms with Gasteiger partial charge in [0.15, 0.2) is 0 Å². The van der Waals surface area contributed by atoms with Crippen molar-refractivity contribution in [2.75, 3.05) is 24.5 Å². The average molecular weight is 547 g/mol. The van der Waals surface area contributed by atoms with Gasteiger partial charge in [-0.3, -0.25) is 9.48 Å². The van der Waals surface area contributed by atoms with E-state index in [0.717, 1.165) is 52.2 Å².